The number of hydrogen-bond acceptors (Lipinski definition) is 5. The third-order valence-electron chi connectivity index (χ3n) is 21.6. The van der Waals surface area contributed by atoms with Crippen LogP contribution in [-0.4, -0.2) is 49.2 Å². The fourth-order valence-electron chi connectivity index (χ4n) is 17.8. The first-order valence-electron chi connectivity index (χ1n) is 27.4. The van der Waals surface area contributed by atoms with Gasteiger partial charge in [0.25, 0.3) is 0 Å². The van der Waals surface area contributed by atoms with Gasteiger partial charge in [-0.05, 0) is 180 Å². The zero-order valence-electron chi connectivity index (χ0n) is 40.0. The fourth-order valence-corrected chi connectivity index (χ4v) is 17.8. The summed E-state index contributed by atoms with van der Waals surface area (Å²) in [6.07, 6.45) is 48.4. The van der Waals surface area contributed by atoms with Crippen LogP contribution < -0.4 is 5.32 Å². The van der Waals surface area contributed by atoms with Gasteiger partial charge in [0, 0.05) is 41.7 Å². The molecular formula is C59H81NO4. The Kier molecular flexibility index (Phi) is 10.5. The van der Waals surface area contributed by atoms with E-state index >= 15 is 0 Å². The maximum absolute atomic E-state index is 7.06. The van der Waals surface area contributed by atoms with Crippen LogP contribution in [0.1, 0.15) is 156 Å². The van der Waals surface area contributed by atoms with E-state index < -0.39 is 0 Å². The quantitative estimate of drug-likeness (QED) is 0.285. The van der Waals surface area contributed by atoms with Crippen molar-refractivity contribution in [2.45, 2.75) is 199 Å². The Bertz CT molecular complexity index is 2060. The molecule has 0 aromatic rings. The predicted molar refractivity (Wildman–Crippen MR) is 255 cm³/mol. The van der Waals surface area contributed by atoms with Crippen LogP contribution in [0.4, 0.5) is 0 Å². The summed E-state index contributed by atoms with van der Waals surface area (Å²) in [5.41, 5.74) is 6.94. The van der Waals surface area contributed by atoms with Gasteiger partial charge in [-0.3, -0.25) is 0 Å². The molecule has 8 aliphatic carbocycles. The van der Waals surface area contributed by atoms with Gasteiger partial charge in [-0.2, -0.15) is 0 Å². The van der Waals surface area contributed by atoms with Crippen molar-refractivity contribution in [3.8, 4) is 0 Å². The van der Waals surface area contributed by atoms with Crippen molar-refractivity contribution < 1.29 is 18.9 Å². The van der Waals surface area contributed by atoms with Gasteiger partial charge >= 0.3 is 0 Å². The van der Waals surface area contributed by atoms with Crippen molar-refractivity contribution in [3.05, 3.63) is 82.4 Å². The van der Waals surface area contributed by atoms with E-state index in [1.165, 1.54) is 120 Å². The Hall–Kier alpha value is -2.34. The average molecular weight is 868 g/mol. The highest BCUT2D eigenvalue weighted by molar-refractivity contribution is 5.43. The highest BCUT2D eigenvalue weighted by Crippen LogP contribution is 2.60. The van der Waals surface area contributed by atoms with Gasteiger partial charge in [0.15, 0.2) is 0 Å². The van der Waals surface area contributed by atoms with E-state index in [2.05, 4.69) is 81.6 Å². The second kappa shape index (κ2) is 16.1. The molecule has 64 heavy (non-hydrogen) atoms. The first-order chi connectivity index (χ1) is 31.2. The van der Waals surface area contributed by atoms with Gasteiger partial charge < -0.3 is 24.3 Å². The molecule has 1 N–H and O–H groups in total. The largest absolute Gasteiger partial charge is 0.494 e. The van der Waals surface area contributed by atoms with Gasteiger partial charge in [0.1, 0.15) is 18.0 Å². The lowest BCUT2D eigenvalue weighted by atomic mass is 9.55. The topological polar surface area (TPSA) is 49.0 Å². The van der Waals surface area contributed by atoms with Crippen LogP contribution in [-0.2, 0) is 18.9 Å². The van der Waals surface area contributed by atoms with Gasteiger partial charge in [0.05, 0.1) is 30.2 Å². The third-order valence-corrected chi connectivity index (χ3v) is 21.6. The van der Waals surface area contributed by atoms with E-state index in [1.807, 2.05) is 0 Å². The van der Waals surface area contributed by atoms with Crippen molar-refractivity contribution in [2.24, 2.45) is 75.9 Å². The molecule has 0 amide bonds. The maximum atomic E-state index is 7.06. The Morgan fingerprint density at radius 2 is 1.47 bits per heavy atom. The minimum absolute atomic E-state index is 0.0650. The van der Waals surface area contributed by atoms with Crippen LogP contribution in [0, 0.1) is 75.9 Å². The predicted octanol–water partition coefficient (Wildman–Crippen LogP) is 13.1. The van der Waals surface area contributed by atoms with E-state index in [4.69, 9.17) is 18.9 Å². The average Bonchev–Trinajstić information content (AvgIpc) is 3.89. The van der Waals surface area contributed by atoms with Crippen molar-refractivity contribution in [1.29, 1.82) is 0 Å². The molecule has 0 aromatic carbocycles. The molecule has 5 aliphatic heterocycles. The monoisotopic (exact) mass is 868 g/mol. The summed E-state index contributed by atoms with van der Waals surface area (Å²) in [7, 11) is 0. The molecule has 5 nitrogen and oxygen atoms in total. The summed E-state index contributed by atoms with van der Waals surface area (Å²) in [5.74, 6) is 9.85. The first-order valence-corrected chi connectivity index (χ1v) is 27.4. The Labute approximate surface area is 386 Å². The molecule has 18 unspecified atom stereocenters. The molecule has 13 aliphatic rings. The van der Waals surface area contributed by atoms with Crippen LogP contribution in [0.2, 0.25) is 0 Å². The second-order valence-corrected chi connectivity index (χ2v) is 25.2. The molecule has 7 fully saturated rings. The molecule has 18 atom stereocenters. The standard InChI is InChI=1S/C59H81NO4/c1-58(2)45-29-36(34-14-21-52-43(27-34)41-9-5-7-11-50(41)61-52)16-23-54(45)63-56-25-18-38(31-47(56)58)40-13-20-49(60-33-40)39-19-26-57-48(32-39)59(3,4)46-30-37(17-24-55(46)64-57)35-15-22-53-44(28-35)42-10-6-8-12-51(42)62-53/h7,11,13,15,25-26,29,31,34,37-39,41-46,48-55,60H,5-6,8-10,12,14,16-24,27-28,30,32-33H2,1-4H3. The highest BCUT2D eigenvalue weighted by Gasteiger charge is 2.55. The smallest absolute Gasteiger partial charge is 0.119 e. The van der Waals surface area contributed by atoms with Gasteiger partial charge in [-0.1, -0.05) is 93.7 Å². The number of fused-ring (bicyclic) bond motifs is 10. The van der Waals surface area contributed by atoms with E-state index in [9.17, 15) is 0 Å². The Morgan fingerprint density at radius 3 is 2.36 bits per heavy atom. The Morgan fingerprint density at radius 1 is 0.625 bits per heavy atom. The summed E-state index contributed by atoms with van der Waals surface area (Å²) in [4.78, 5) is 0. The third kappa shape index (κ3) is 6.97. The minimum atomic E-state index is 0.0650. The fraction of sp³-hybridized carbons (Fsp3) is 0.763. The molecule has 13 rings (SSSR count). The van der Waals surface area contributed by atoms with Gasteiger partial charge in [0.2, 0.25) is 0 Å². The zero-order valence-corrected chi connectivity index (χ0v) is 40.0. The molecule has 4 saturated heterocycles. The summed E-state index contributed by atoms with van der Waals surface area (Å²) in [6, 6.07) is 0.543. The lowest BCUT2D eigenvalue weighted by Crippen LogP contribution is -2.52. The highest BCUT2D eigenvalue weighted by atomic mass is 16.5. The van der Waals surface area contributed by atoms with Crippen LogP contribution in [0.3, 0.4) is 0 Å². The Balaban J connectivity index is 0.657. The zero-order chi connectivity index (χ0) is 42.9. The molecule has 0 bridgehead atoms. The molecule has 346 valence electrons. The van der Waals surface area contributed by atoms with Crippen LogP contribution in [0.15, 0.2) is 82.4 Å². The lowest BCUT2D eigenvalue weighted by molar-refractivity contribution is -0.119. The van der Waals surface area contributed by atoms with Crippen molar-refractivity contribution in [2.75, 3.05) is 6.54 Å². The van der Waals surface area contributed by atoms with E-state index in [0.717, 1.165) is 67.7 Å². The molecule has 5 heteroatoms. The summed E-state index contributed by atoms with van der Waals surface area (Å²) >= 11 is 0. The number of nitrogens with one attached hydrogen (secondary N) is 1. The normalized spacial score (nSPS) is 48.4. The van der Waals surface area contributed by atoms with E-state index in [0.29, 0.717) is 72.3 Å². The molecule has 5 heterocycles. The van der Waals surface area contributed by atoms with Crippen LogP contribution in [0.5, 0.6) is 0 Å². The van der Waals surface area contributed by atoms with Gasteiger partial charge in [-0.25, -0.2) is 0 Å². The maximum Gasteiger partial charge on any atom is 0.119 e. The number of rotatable bonds is 4. The summed E-state index contributed by atoms with van der Waals surface area (Å²) in [5, 5.41) is 4.16. The number of allylic oxidation sites excluding steroid dienone is 8. The second-order valence-electron chi connectivity index (χ2n) is 25.2. The van der Waals surface area contributed by atoms with Crippen molar-refractivity contribution >= 4 is 0 Å². The lowest BCUT2D eigenvalue weighted by Gasteiger charge is -2.56. The molecule has 0 radical (unpaired) electrons. The summed E-state index contributed by atoms with van der Waals surface area (Å²) < 4.78 is 27.3. The van der Waals surface area contributed by atoms with Crippen molar-refractivity contribution in [3.63, 3.8) is 0 Å². The van der Waals surface area contributed by atoms with Gasteiger partial charge in [-0.15, -0.1) is 0 Å². The van der Waals surface area contributed by atoms with E-state index in [-0.39, 0.29) is 10.8 Å². The van der Waals surface area contributed by atoms with E-state index in [1.54, 1.807) is 16.7 Å². The molecule has 0 aromatic heterocycles. The van der Waals surface area contributed by atoms with Crippen LogP contribution in [0.25, 0.3) is 0 Å². The minimum Gasteiger partial charge on any atom is -0.494 e. The summed E-state index contributed by atoms with van der Waals surface area (Å²) in [6.45, 7) is 11.3. The number of hydrogen-bond donors (Lipinski definition) is 1. The molecular weight excluding hydrogens is 787 g/mol. The molecule has 0 spiro atoms. The SMILES string of the molecule is CC1(C)C2=CC(C3=CCC(C4CC=C5OC6CCC(C7=CCC8OC9CCCCC9C8C7)CC6C(C)(C)C5C4)NC3)CC=C2OC2CCC(C3CCC4OC5C=CCCC5C4C3)=CC21. The van der Waals surface area contributed by atoms with Crippen molar-refractivity contribution in [1.82, 2.24) is 5.32 Å². The number of ether oxygens (including phenoxy) is 4. The molecule has 3 saturated carbocycles. The van der Waals surface area contributed by atoms with Crippen LogP contribution >= 0.6 is 0 Å². The first kappa shape index (κ1) is 41.8.